The van der Waals surface area contributed by atoms with Crippen molar-refractivity contribution >= 4 is 29.4 Å². The number of hydrogen-bond acceptors (Lipinski definition) is 5. The molecule has 1 aliphatic rings. The molecule has 0 fully saturated rings. The molecule has 1 aliphatic heterocycles. The first kappa shape index (κ1) is 19.0. The third kappa shape index (κ3) is 3.83. The van der Waals surface area contributed by atoms with Gasteiger partial charge in [0, 0.05) is 12.2 Å². The maximum atomic E-state index is 12.3. The molecule has 2 aromatic rings. The highest BCUT2D eigenvalue weighted by molar-refractivity contribution is 6.22. The largest absolute Gasteiger partial charge is 0.452 e. The van der Waals surface area contributed by atoms with Crippen LogP contribution in [-0.4, -0.2) is 41.7 Å². The monoisotopic (exact) mass is 378 g/mol. The van der Waals surface area contributed by atoms with Crippen LogP contribution in [0.5, 0.6) is 0 Å². The van der Waals surface area contributed by atoms with Gasteiger partial charge in [0.15, 0.2) is 6.61 Å². The minimum atomic E-state index is -0.760. The lowest BCUT2D eigenvalue weighted by Crippen LogP contribution is -2.29. The second-order valence-electron chi connectivity index (χ2n) is 6.26. The van der Waals surface area contributed by atoms with Crippen molar-refractivity contribution in [2.24, 2.45) is 0 Å². The molecule has 0 saturated carbocycles. The third-order valence-electron chi connectivity index (χ3n) is 4.15. The summed E-state index contributed by atoms with van der Waals surface area (Å²) in [5.74, 6) is -2.17. The lowest BCUT2D eigenvalue weighted by atomic mass is 10.1. The van der Waals surface area contributed by atoms with E-state index in [1.165, 1.54) is 24.3 Å². The van der Waals surface area contributed by atoms with Gasteiger partial charge in [-0.1, -0.05) is 18.2 Å². The Balaban J connectivity index is 1.64. The second-order valence-corrected chi connectivity index (χ2v) is 6.26. The van der Waals surface area contributed by atoms with E-state index in [0.717, 1.165) is 10.5 Å². The number of nitrogens with zero attached hydrogens (tertiary/aromatic N) is 1. The van der Waals surface area contributed by atoms with Gasteiger partial charge in [-0.2, -0.15) is 0 Å². The van der Waals surface area contributed by atoms with Gasteiger partial charge in [0.25, 0.3) is 17.7 Å². The molecule has 3 rings (SSSR count). The molecule has 1 N–H and O–H groups in total. The van der Waals surface area contributed by atoms with Crippen molar-refractivity contribution in [2.45, 2.75) is 6.92 Å². The number of rotatable bonds is 6. The first-order valence-electron chi connectivity index (χ1n) is 8.55. The van der Waals surface area contributed by atoms with Gasteiger partial charge in [0.05, 0.1) is 16.7 Å². The van der Waals surface area contributed by atoms with Crippen LogP contribution in [0, 0.1) is 6.92 Å². The first-order valence-corrected chi connectivity index (χ1v) is 8.55. The van der Waals surface area contributed by atoms with E-state index in [9.17, 15) is 19.2 Å². The van der Waals surface area contributed by atoms with Gasteiger partial charge in [0.1, 0.15) is 0 Å². The van der Waals surface area contributed by atoms with E-state index in [1.807, 2.05) is 13.0 Å². The highest BCUT2D eigenvalue weighted by Crippen LogP contribution is 2.24. The minimum absolute atomic E-state index is 0.0868. The molecule has 7 nitrogen and oxygen atoms in total. The molecule has 0 radical (unpaired) electrons. The van der Waals surface area contributed by atoms with E-state index in [2.05, 4.69) is 11.9 Å². The molecule has 0 aromatic heterocycles. The molecule has 0 spiro atoms. The number of amides is 3. The Morgan fingerprint density at radius 3 is 2.57 bits per heavy atom. The van der Waals surface area contributed by atoms with Crippen LogP contribution < -0.4 is 5.32 Å². The van der Waals surface area contributed by atoms with Gasteiger partial charge in [-0.15, -0.1) is 6.58 Å². The van der Waals surface area contributed by atoms with Crippen molar-refractivity contribution in [3.8, 4) is 0 Å². The summed E-state index contributed by atoms with van der Waals surface area (Å²) >= 11 is 0. The van der Waals surface area contributed by atoms with Crippen molar-refractivity contribution in [3.05, 3.63) is 77.4 Å². The topological polar surface area (TPSA) is 92.8 Å². The number of esters is 1. The van der Waals surface area contributed by atoms with E-state index in [0.29, 0.717) is 5.69 Å². The van der Waals surface area contributed by atoms with Crippen molar-refractivity contribution in [3.63, 3.8) is 0 Å². The molecule has 3 amide bonds. The normalized spacial score (nSPS) is 12.5. The van der Waals surface area contributed by atoms with Gasteiger partial charge < -0.3 is 10.1 Å². The van der Waals surface area contributed by atoms with Crippen molar-refractivity contribution in [1.82, 2.24) is 4.90 Å². The van der Waals surface area contributed by atoms with Crippen LogP contribution >= 0.6 is 0 Å². The van der Waals surface area contributed by atoms with E-state index < -0.39 is 30.3 Å². The highest BCUT2D eigenvalue weighted by Gasteiger charge is 2.35. The van der Waals surface area contributed by atoms with Gasteiger partial charge >= 0.3 is 5.97 Å². The van der Waals surface area contributed by atoms with E-state index in [4.69, 9.17) is 4.74 Å². The number of ether oxygens (including phenoxy) is 1. The second kappa shape index (κ2) is 7.87. The van der Waals surface area contributed by atoms with Gasteiger partial charge in [-0.05, 0) is 42.8 Å². The van der Waals surface area contributed by atoms with E-state index in [-0.39, 0.29) is 23.2 Å². The number of aryl methyl sites for hydroxylation is 1. The zero-order valence-corrected chi connectivity index (χ0v) is 15.2. The SMILES string of the molecule is C=CCN1C(=O)c2ccc(C(=O)OCC(=O)Nc3cccc(C)c3)cc2C1=O. The molecule has 0 saturated heterocycles. The Kier molecular flexibility index (Phi) is 5.35. The number of hydrogen-bond donors (Lipinski definition) is 1. The quantitative estimate of drug-likeness (QED) is 0.474. The lowest BCUT2D eigenvalue weighted by Gasteiger charge is -2.09. The summed E-state index contributed by atoms with van der Waals surface area (Å²) in [5.41, 5.74) is 2.03. The van der Waals surface area contributed by atoms with Crippen molar-refractivity contribution in [1.29, 1.82) is 0 Å². The molecule has 0 aliphatic carbocycles. The van der Waals surface area contributed by atoms with E-state index in [1.54, 1.807) is 18.2 Å². The van der Waals surface area contributed by atoms with Crippen LogP contribution in [0.3, 0.4) is 0 Å². The average Bonchev–Trinajstić information content (AvgIpc) is 2.91. The van der Waals surface area contributed by atoms with Crippen LogP contribution in [0.2, 0.25) is 0 Å². The van der Waals surface area contributed by atoms with E-state index >= 15 is 0 Å². The first-order chi connectivity index (χ1) is 13.4. The summed E-state index contributed by atoms with van der Waals surface area (Å²) in [6, 6.07) is 11.3. The lowest BCUT2D eigenvalue weighted by molar-refractivity contribution is -0.119. The number of carbonyl (C=O) groups is 4. The maximum Gasteiger partial charge on any atom is 0.338 e. The Hall–Kier alpha value is -3.74. The number of anilines is 1. The average molecular weight is 378 g/mol. The molecule has 142 valence electrons. The minimum Gasteiger partial charge on any atom is -0.452 e. The number of carbonyl (C=O) groups excluding carboxylic acids is 4. The fraction of sp³-hybridized carbons (Fsp3) is 0.143. The Morgan fingerprint density at radius 1 is 1.11 bits per heavy atom. The summed E-state index contributed by atoms with van der Waals surface area (Å²) in [5, 5.41) is 2.63. The fourth-order valence-corrected chi connectivity index (χ4v) is 2.85. The number of nitrogens with one attached hydrogen (secondary N) is 1. The summed E-state index contributed by atoms with van der Waals surface area (Å²) in [6.07, 6.45) is 1.45. The number of imide groups is 1. The zero-order chi connectivity index (χ0) is 20.3. The molecular formula is C21H18N2O5. The van der Waals surface area contributed by atoms with Crippen LogP contribution in [0.25, 0.3) is 0 Å². The summed E-state index contributed by atoms with van der Waals surface area (Å²) in [4.78, 5) is 49.7. The fourth-order valence-electron chi connectivity index (χ4n) is 2.85. The van der Waals surface area contributed by atoms with Crippen LogP contribution in [0.4, 0.5) is 5.69 Å². The predicted molar refractivity (Wildman–Crippen MR) is 102 cm³/mol. The predicted octanol–water partition coefficient (Wildman–Crippen LogP) is 2.57. The zero-order valence-electron chi connectivity index (χ0n) is 15.2. The Morgan fingerprint density at radius 2 is 1.86 bits per heavy atom. The van der Waals surface area contributed by atoms with Crippen LogP contribution in [0.15, 0.2) is 55.1 Å². The molecular weight excluding hydrogens is 360 g/mol. The van der Waals surface area contributed by atoms with Gasteiger partial charge in [-0.3, -0.25) is 19.3 Å². The smallest absolute Gasteiger partial charge is 0.338 e. The standard InChI is InChI=1S/C21H18N2O5/c1-3-9-23-19(25)16-8-7-14(11-17(16)20(23)26)21(27)28-12-18(24)22-15-6-4-5-13(2)10-15/h3-8,10-11H,1,9,12H2,2H3,(H,22,24). The summed E-state index contributed by atoms with van der Waals surface area (Å²) in [6.45, 7) is 5.03. The molecule has 7 heteroatoms. The van der Waals surface area contributed by atoms with Crippen molar-refractivity contribution in [2.75, 3.05) is 18.5 Å². The number of benzene rings is 2. The van der Waals surface area contributed by atoms with Gasteiger partial charge in [-0.25, -0.2) is 4.79 Å². The number of fused-ring (bicyclic) bond motifs is 1. The van der Waals surface area contributed by atoms with Crippen molar-refractivity contribution < 1.29 is 23.9 Å². The molecule has 0 bridgehead atoms. The highest BCUT2D eigenvalue weighted by atomic mass is 16.5. The van der Waals surface area contributed by atoms with Gasteiger partial charge in [0.2, 0.25) is 0 Å². The molecule has 0 unspecified atom stereocenters. The third-order valence-corrected chi connectivity index (χ3v) is 4.15. The molecule has 1 heterocycles. The summed E-state index contributed by atoms with van der Waals surface area (Å²) < 4.78 is 5.01. The Bertz CT molecular complexity index is 996. The Labute approximate surface area is 161 Å². The molecule has 0 atom stereocenters. The van der Waals surface area contributed by atoms with Crippen LogP contribution in [0.1, 0.15) is 36.6 Å². The summed E-state index contributed by atoms with van der Waals surface area (Å²) in [7, 11) is 0. The molecule has 28 heavy (non-hydrogen) atoms. The van der Waals surface area contributed by atoms with Crippen LogP contribution in [-0.2, 0) is 9.53 Å². The molecule has 2 aromatic carbocycles. The maximum absolute atomic E-state index is 12.3.